The maximum absolute atomic E-state index is 13.4. The van der Waals surface area contributed by atoms with Gasteiger partial charge in [-0.2, -0.15) is 0 Å². The molecule has 2 aromatic rings. The summed E-state index contributed by atoms with van der Waals surface area (Å²) in [6.07, 6.45) is 6.70. The lowest BCUT2D eigenvalue weighted by Crippen LogP contribution is -2.51. The molecule has 5 heteroatoms. The molecular weight excluding hydrogens is 428 g/mol. The summed E-state index contributed by atoms with van der Waals surface area (Å²) in [7, 11) is 0. The second-order valence-corrected chi connectivity index (χ2v) is 10.3. The number of aryl methyl sites for hydroxylation is 2. The Bertz CT molecular complexity index is 906. The van der Waals surface area contributed by atoms with Crippen LogP contribution >= 0.6 is 11.8 Å². The second kappa shape index (κ2) is 12.8. The molecule has 0 bridgehead atoms. The summed E-state index contributed by atoms with van der Waals surface area (Å²) in [6, 6.07) is 16.3. The van der Waals surface area contributed by atoms with E-state index in [1.165, 1.54) is 29.7 Å². The van der Waals surface area contributed by atoms with Gasteiger partial charge in [0.15, 0.2) is 0 Å². The van der Waals surface area contributed by atoms with Gasteiger partial charge in [0.1, 0.15) is 6.04 Å². The fraction of sp³-hybridized carbons (Fsp3) is 0.500. The van der Waals surface area contributed by atoms with Gasteiger partial charge >= 0.3 is 0 Å². The van der Waals surface area contributed by atoms with Gasteiger partial charge in [0.05, 0.1) is 0 Å². The van der Waals surface area contributed by atoms with Gasteiger partial charge < -0.3 is 10.2 Å². The minimum Gasteiger partial charge on any atom is -0.352 e. The van der Waals surface area contributed by atoms with Gasteiger partial charge in [0, 0.05) is 29.7 Å². The molecule has 1 saturated carbocycles. The van der Waals surface area contributed by atoms with Crippen LogP contribution in [-0.2, 0) is 16.1 Å². The minimum atomic E-state index is -0.441. The van der Waals surface area contributed by atoms with Crippen molar-refractivity contribution in [2.75, 3.05) is 5.75 Å². The molecular formula is C28H38N2O2S. The minimum absolute atomic E-state index is 0.00229. The fourth-order valence-electron chi connectivity index (χ4n) is 4.47. The normalized spacial score (nSPS) is 15.1. The first-order chi connectivity index (χ1) is 16.0. The Kier molecular flexibility index (Phi) is 9.86. The number of carbonyl (C=O) groups is 2. The number of nitrogens with zero attached hydrogens (tertiary/aromatic N) is 1. The van der Waals surface area contributed by atoms with Crippen LogP contribution in [0.2, 0.25) is 0 Å². The zero-order chi connectivity index (χ0) is 23.6. The van der Waals surface area contributed by atoms with Crippen LogP contribution in [0.25, 0.3) is 0 Å². The van der Waals surface area contributed by atoms with Gasteiger partial charge in [-0.15, -0.1) is 11.8 Å². The Labute approximate surface area is 203 Å². The number of rotatable bonds is 10. The molecule has 4 nitrogen and oxygen atoms in total. The predicted octanol–water partition coefficient (Wildman–Crippen LogP) is 6.04. The maximum Gasteiger partial charge on any atom is 0.243 e. The van der Waals surface area contributed by atoms with Crippen molar-refractivity contribution in [2.24, 2.45) is 0 Å². The number of hydrogen-bond acceptors (Lipinski definition) is 3. The van der Waals surface area contributed by atoms with Gasteiger partial charge in [-0.1, -0.05) is 68.1 Å². The average molecular weight is 467 g/mol. The molecule has 0 heterocycles. The molecule has 0 aromatic heterocycles. The highest BCUT2D eigenvalue weighted by Crippen LogP contribution is 2.22. The summed E-state index contributed by atoms with van der Waals surface area (Å²) >= 11 is 1.69. The van der Waals surface area contributed by atoms with E-state index in [1.807, 2.05) is 24.0 Å². The summed E-state index contributed by atoms with van der Waals surface area (Å²) in [4.78, 5) is 29.7. The Balaban J connectivity index is 1.70. The quantitative estimate of drug-likeness (QED) is 0.434. The largest absolute Gasteiger partial charge is 0.352 e. The van der Waals surface area contributed by atoms with E-state index in [0.29, 0.717) is 25.1 Å². The predicted molar refractivity (Wildman–Crippen MR) is 137 cm³/mol. The smallest absolute Gasteiger partial charge is 0.243 e. The molecule has 0 saturated heterocycles. The lowest BCUT2D eigenvalue weighted by Gasteiger charge is -2.33. The Morgan fingerprint density at radius 3 is 2.39 bits per heavy atom. The fourth-order valence-corrected chi connectivity index (χ4v) is 5.31. The molecule has 1 aliphatic carbocycles. The molecule has 1 N–H and O–H groups in total. The van der Waals surface area contributed by atoms with Crippen LogP contribution in [0.1, 0.15) is 68.6 Å². The molecule has 1 aliphatic rings. The number of amides is 2. The standard InChI is InChI=1S/C28H38N2O2S/c1-4-26(28(32)29-24-12-6-5-7-13-24)30(20-23-11-9-8-10-22(23)3)27(31)18-19-33-25-16-14-21(2)15-17-25/h8-11,14-17,24,26H,4-7,12-13,18-20H2,1-3H3,(H,29,32). The van der Waals surface area contributed by atoms with E-state index in [-0.39, 0.29) is 17.9 Å². The zero-order valence-electron chi connectivity index (χ0n) is 20.3. The lowest BCUT2D eigenvalue weighted by atomic mass is 9.95. The third kappa shape index (κ3) is 7.63. The first-order valence-corrected chi connectivity index (χ1v) is 13.3. The van der Waals surface area contributed by atoms with Crippen LogP contribution in [0.3, 0.4) is 0 Å². The van der Waals surface area contributed by atoms with Crippen molar-refractivity contribution in [3.05, 3.63) is 65.2 Å². The zero-order valence-corrected chi connectivity index (χ0v) is 21.1. The Morgan fingerprint density at radius 2 is 1.73 bits per heavy atom. The number of thioether (sulfide) groups is 1. The average Bonchev–Trinajstić information content (AvgIpc) is 2.82. The van der Waals surface area contributed by atoms with Crippen LogP contribution < -0.4 is 5.32 Å². The molecule has 0 radical (unpaired) electrons. The van der Waals surface area contributed by atoms with E-state index in [0.717, 1.165) is 24.0 Å². The van der Waals surface area contributed by atoms with E-state index in [2.05, 4.69) is 55.6 Å². The molecule has 1 fully saturated rings. The van der Waals surface area contributed by atoms with Crippen molar-refractivity contribution in [3.63, 3.8) is 0 Å². The van der Waals surface area contributed by atoms with E-state index in [1.54, 1.807) is 11.8 Å². The van der Waals surface area contributed by atoms with Gasteiger partial charge in [0.2, 0.25) is 11.8 Å². The highest BCUT2D eigenvalue weighted by molar-refractivity contribution is 7.99. The van der Waals surface area contributed by atoms with Crippen molar-refractivity contribution in [3.8, 4) is 0 Å². The second-order valence-electron chi connectivity index (χ2n) is 9.13. The highest BCUT2D eigenvalue weighted by Gasteiger charge is 2.30. The molecule has 3 rings (SSSR count). The summed E-state index contributed by atoms with van der Waals surface area (Å²) < 4.78 is 0. The van der Waals surface area contributed by atoms with Crippen LogP contribution in [0.15, 0.2) is 53.4 Å². The summed E-state index contributed by atoms with van der Waals surface area (Å²) in [5.74, 6) is 0.744. The summed E-state index contributed by atoms with van der Waals surface area (Å²) in [6.45, 7) is 6.61. The van der Waals surface area contributed by atoms with Crippen molar-refractivity contribution >= 4 is 23.6 Å². The molecule has 0 aliphatic heterocycles. The first-order valence-electron chi connectivity index (χ1n) is 12.3. The third-order valence-electron chi connectivity index (χ3n) is 6.55. The number of carbonyl (C=O) groups excluding carboxylic acids is 2. The number of hydrogen-bond donors (Lipinski definition) is 1. The van der Waals surface area contributed by atoms with Crippen LogP contribution in [0, 0.1) is 13.8 Å². The maximum atomic E-state index is 13.4. The highest BCUT2D eigenvalue weighted by atomic mass is 32.2. The van der Waals surface area contributed by atoms with E-state index < -0.39 is 6.04 Å². The molecule has 33 heavy (non-hydrogen) atoms. The van der Waals surface area contributed by atoms with E-state index in [4.69, 9.17) is 0 Å². The third-order valence-corrected chi connectivity index (χ3v) is 7.56. The van der Waals surface area contributed by atoms with Crippen LogP contribution in [0.5, 0.6) is 0 Å². The topological polar surface area (TPSA) is 49.4 Å². The molecule has 0 spiro atoms. The summed E-state index contributed by atoms with van der Waals surface area (Å²) in [5, 5.41) is 3.25. The van der Waals surface area contributed by atoms with Gasteiger partial charge in [-0.25, -0.2) is 0 Å². The van der Waals surface area contributed by atoms with Crippen LogP contribution in [-0.4, -0.2) is 34.6 Å². The SMILES string of the molecule is CCC(C(=O)NC1CCCCC1)N(Cc1ccccc1C)C(=O)CCSc1ccc(C)cc1. The van der Waals surface area contributed by atoms with Gasteiger partial charge in [-0.3, -0.25) is 9.59 Å². The lowest BCUT2D eigenvalue weighted by molar-refractivity contribution is -0.141. The molecule has 2 aromatic carbocycles. The monoisotopic (exact) mass is 466 g/mol. The molecule has 1 atom stereocenters. The Morgan fingerprint density at radius 1 is 1.03 bits per heavy atom. The van der Waals surface area contributed by atoms with Crippen molar-refractivity contribution in [1.29, 1.82) is 0 Å². The molecule has 2 amide bonds. The van der Waals surface area contributed by atoms with Crippen molar-refractivity contribution < 1.29 is 9.59 Å². The molecule has 1 unspecified atom stereocenters. The molecule has 178 valence electrons. The van der Waals surface area contributed by atoms with E-state index in [9.17, 15) is 9.59 Å². The number of nitrogens with one attached hydrogen (secondary N) is 1. The van der Waals surface area contributed by atoms with Gasteiger partial charge in [-0.05, 0) is 56.4 Å². The summed E-state index contributed by atoms with van der Waals surface area (Å²) in [5.41, 5.74) is 3.47. The van der Waals surface area contributed by atoms with Crippen molar-refractivity contribution in [2.45, 2.75) is 89.2 Å². The van der Waals surface area contributed by atoms with Crippen LogP contribution in [0.4, 0.5) is 0 Å². The van der Waals surface area contributed by atoms with E-state index >= 15 is 0 Å². The van der Waals surface area contributed by atoms with Gasteiger partial charge in [0.25, 0.3) is 0 Å². The Hall–Kier alpha value is -2.27. The number of benzene rings is 2. The first kappa shape index (κ1) is 25.4. The van der Waals surface area contributed by atoms with Crippen molar-refractivity contribution in [1.82, 2.24) is 10.2 Å².